The maximum Gasteiger partial charge on any atom is 0.299 e. The Bertz CT molecular complexity index is 1810. The van der Waals surface area contributed by atoms with Gasteiger partial charge in [0.1, 0.15) is 34.5 Å². The van der Waals surface area contributed by atoms with E-state index < -0.39 is 11.7 Å². The number of nitrogens with one attached hydrogen (secondary N) is 1. The van der Waals surface area contributed by atoms with Crippen LogP contribution in [0.3, 0.4) is 0 Å². The van der Waals surface area contributed by atoms with Crippen LogP contribution in [-0.2, 0) is 4.79 Å². The fourth-order valence-corrected chi connectivity index (χ4v) is 5.33. The zero-order valence-electron chi connectivity index (χ0n) is 21.5. The van der Waals surface area contributed by atoms with Crippen molar-refractivity contribution in [2.75, 3.05) is 17.6 Å². The number of nitrogens with two attached hydrogens (primary N) is 1. The number of hydrogen-bond donors (Lipinski definition) is 2. The number of imidazole rings is 1. The van der Waals surface area contributed by atoms with Crippen LogP contribution in [0.5, 0.6) is 0 Å². The minimum absolute atomic E-state index is 0.0571. The molecule has 40 heavy (non-hydrogen) atoms. The number of likely N-dealkylation sites (tertiary alicyclic amines) is 1. The van der Waals surface area contributed by atoms with Gasteiger partial charge in [0.25, 0.3) is 11.8 Å². The molecule has 4 heterocycles. The lowest BCUT2D eigenvalue weighted by molar-refractivity contribution is -0.126. The molecule has 3 aromatic heterocycles. The van der Waals surface area contributed by atoms with Crippen LogP contribution in [0.2, 0.25) is 0 Å². The Kier molecular flexibility index (Phi) is 5.92. The van der Waals surface area contributed by atoms with E-state index in [1.165, 1.54) is 36.7 Å². The van der Waals surface area contributed by atoms with Gasteiger partial charge in [-0.1, -0.05) is 5.92 Å². The normalized spacial score (nSPS) is 16.8. The van der Waals surface area contributed by atoms with E-state index in [2.05, 4.69) is 27.1 Å². The average molecular weight is 535 g/mol. The molecule has 2 fully saturated rings. The molecule has 1 atom stereocenters. The molecule has 2 aliphatic rings. The molecule has 6 rings (SSSR count). The number of benzene rings is 1. The van der Waals surface area contributed by atoms with E-state index in [-0.39, 0.29) is 45.8 Å². The van der Waals surface area contributed by atoms with Gasteiger partial charge in [0.15, 0.2) is 0 Å². The molecule has 4 aromatic rings. The number of carbonyl (C=O) groups is 2. The predicted octanol–water partition coefficient (Wildman–Crippen LogP) is 3.71. The molecule has 3 N–H and O–H groups in total. The Morgan fingerprint density at radius 3 is 2.75 bits per heavy atom. The number of nitriles is 1. The highest BCUT2D eigenvalue weighted by molar-refractivity contribution is 6.04. The van der Waals surface area contributed by atoms with Crippen molar-refractivity contribution in [2.45, 2.75) is 32.2 Å². The van der Waals surface area contributed by atoms with Gasteiger partial charge in [-0.3, -0.25) is 14.0 Å². The number of aromatic nitrogens is 4. The maximum atomic E-state index is 15.6. The first-order valence-corrected chi connectivity index (χ1v) is 12.7. The van der Waals surface area contributed by atoms with Gasteiger partial charge in [-0.2, -0.15) is 5.26 Å². The highest BCUT2D eigenvalue weighted by Gasteiger charge is 2.54. The Hall–Kier alpha value is -5.29. The van der Waals surface area contributed by atoms with Gasteiger partial charge < -0.3 is 16.0 Å². The Morgan fingerprint density at radius 2 is 2.02 bits per heavy atom. The van der Waals surface area contributed by atoms with Gasteiger partial charge in [-0.25, -0.2) is 19.3 Å². The van der Waals surface area contributed by atoms with E-state index in [0.29, 0.717) is 23.4 Å². The number of halogens is 1. The Labute approximate surface area is 228 Å². The van der Waals surface area contributed by atoms with Crippen LogP contribution in [0.25, 0.3) is 16.8 Å². The lowest BCUT2D eigenvalue weighted by Gasteiger charge is -2.21. The molecule has 1 spiro atoms. The molecule has 1 saturated carbocycles. The number of amides is 2. The number of pyridine rings is 1. The SMILES string of the molecule is CC#CC(=O)N1CC2(CC2)C[C@H]1c1nc(-c2ccc(C(=O)Nc3cc(C#N)ccn3)cc2F)c2c(N)nccn12. The number of hydrogen-bond acceptors (Lipinski definition) is 7. The molecule has 0 unspecified atom stereocenters. The van der Waals surface area contributed by atoms with Crippen LogP contribution in [0, 0.1) is 34.4 Å². The number of carbonyl (C=O) groups excluding carboxylic acids is 2. The minimum atomic E-state index is -0.684. The van der Waals surface area contributed by atoms with Crippen LogP contribution in [0.4, 0.5) is 16.0 Å². The monoisotopic (exact) mass is 534 g/mol. The van der Waals surface area contributed by atoms with Crippen LogP contribution in [0.1, 0.15) is 54.0 Å². The first kappa shape index (κ1) is 25.0. The summed E-state index contributed by atoms with van der Waals surface area (Å²) >= 11 is 0. The highest BCUT2D eigenvalue weighted by Crippen LogP contribution is 2.58. The summed E-state index contributed by atoms with van der Waals surface area (Å²) in [5.74, 6) is 4.68. The first-order chi connectivity index (χ1) is 19.3. The molecule has 198 valence electrons. The molecule has 10 nitrogen and oxygen atoms in total. The summed E-state index contributed by atoms with van der Waals surface area (Å²) in [5.41, 5.74) is 7.52. The first-order valence-electron chi connectivity index (χ1n) is 12.7. The molecule has 1 aliphatic carbocycles. The Morgan fingerprint density at radius 1 is 1.20 bits per heavy atom. The number of nitrogen functional groups attached to an aromatic ring is 1. The number of nitrogens with zero attached hydrogens (tertiary/aromatic N) is 6. The summed E-state index contributed by atoms with van der Waals surface area (Å²) in [6, 6.07) is 8.60. The molecular formula is C29H23FN8O2. The second-order valence-corrected chi connectivity index (χ2v) is 10.1. The van der Waals surface area contributed by atoms with E-state index >= 15 is 4.39 Å². The summed E-state index contributed by atoms with van der Waals surface area (Å²) in [5, 5.41) is 11.6. The second-order valence-electron chi connectivity index (χ2n) is 10.1. The van der Waals surface area contributed by atoms with E-state index in [4.69, 9.17) is 16.0 Å². The van der Waals surface area contributed by atoms with Gasteiger partial charge in [-0.05, 0) is 67.9 Å². The van der Waals surface area contributed by atoms with Crippen molar-refractivity contribution in [2.24, 2.45) is 5.41 Å². The summed E-state index contributed by atoms with van der Waals surface area (Å²) in [4.78, 5) is 40.5. The van der Waals surface area contributed by atoms with Crippen molar-refractivity contribution < 1.29 is 14.0 Å². The second kappa shape index (κ2) is 9.47. The van der Waals surface area contributed by atoms with E-state index in [1.807, 2.05) is 6.07 Å². The summed E-state index contributed by atoms with van der Waals surface area (Å²) < 4.78 is 17.4. The zero-order chi connectivity index (χ0) is 28.0. The lowest BCUT2D eigenvalue weighted by Crippen LogP contribution is -2.31. The van der Waals surface area contributed by atoms with Crippen molar-refractivity contribution in [1.29, 1.82) is 5.26 Å². The van der Waals surface area contributed by atoms with Crippen molar-refractivity contribution in [1.82, 2.24) is 24.3 Å². The molecule has 11 heteroatoms. The summed E-state index contributed by atoms with van der Waals surface area (Å²) in [6.07, 6.45) is 7.43. The fourth-order valence-electron chi connectivity index (χ4n) is 5.33. The molecule has 0 bridgehead atoms. The van der Waals surface area contributed by atoms with E-state index in [0.717, 1.165) is 25.3 Å². The van der Waals surface area contributed by atoms with Gasteiger partial charge in [0, 0.05) is 36.3 Å². The highest BCUT2D eigenvalue weighted by atomic mass is 19.1. The van der Waals surface area contributed by atoms with Crippen LogP contribution in [0.15, 0.2) is 48.9 Å². The van der Waals surface area contributed by atoms with E-state index in [1.54, 1.807) is 22.4 Å². The third-order valence-corrected chi connectivity index (χ3v) is 7.48. The molecule has 1 aromatic carbocycles. The maximum absolute atomic E-state index is 15.6. The summed E-state index contributed by atoms with van der Waals surface area (Å²) in [6.45, 7) is 2.22. The van der Waals surface area contributed by atoms with Crippen molar-refractivity contribution >= 4 is 29.0 Å². The van der Waals surface area contributed by atoms with Crippen molar-refractivity contribution in [3.8, 4) is 29.2 Å². The minimum Gasteiger partial charge on any atom is -0.382 e. The molecule has 0 radical (unpaired) electrons. The fraction of sp³-hybridized carbons (Fsp3) is 0.241. The largest absolute Gasteiger partial charge is 0.382 e. The van der Waals surface area contributed by atoms with Crippen LogP contribution >= 0.6 is 0 Å². The van der Waals surface area contributed by atoms with Crippen molar-refractivity contribution in [3.05, 3.63) is 71.7 Å². The third-order valence-electron chi connectivity index (χ3n) is 7.48. The lowest BCUT2D eigenvalue weighted by atomic mass is 10.0. The standard InChI is InChI=1S/C29H23FN8O2/c1-2-3-23(39)38-16-29(7-8-29)14-21(38)27-36-24(25-26(32)34-10-11-37(25)27)19-5-4-18(13-20(19)30)28(40)35-22-12-17(15-31)6-9-33-22/h4-6,9-13,21H,7-8,14,16H2,1H3,(H2,32,34)(H,33,35,40)/t21-/m0/s1. The number of rotatable bonds is 4. The topological polar surface area (TPSA) is 142 Å². The quantitative estimate of drug-likeness (QED) is 0.380. The van der Waals surface area contributed by atoms with Gasteiger partial charge >= 0.3 is 0 Å². The average Bonchev–Trinajstić information content (AvgIpc) is 3.43. The Balaban J connectivity index is 1.38. The molecule has 1 aliphatic heterocycles. The third kappa shape index (κ3) is 4.28. The smallest absolute Gasteiger partial charge is 0.299 e. The van der Waals surface area contributed by atoms with Crippen molar-refractivity contribution in [3.63, 3.8) is 0 Å². The predicted molar refractivity (Wildman–Crippen MR) is 144 cm³/mol. The summed E-state index contributed by atoms with van der Waals surface area (Å²) in [7, 11) is 0. The van der Waals surface area contributed by atoms with Gasteiger partial charge in [-0.15, -0.1) is 0 Å². The molecule has 2 amide bonds. The van der Waals surface area contributed by atoms with Crippen LogP contribution < -0.4 is 11.1 Å². The molecule has 1 saturated heterocycles. The van der Waals surface area contributed by atoms with Crippen LogP contribution in [-0.4, -0.2) is 42.6 Å². The molecular weight excluding hydrogens is 511 g/mol. The zero-order valence-corrected chi connectivity index (χ0v) is 21.5. The number of anilines is 2. The van der Waals surface area contributed by atoms with Gasteiger partial charge in [0.05, 0.1) is 17.7 Å². The number of fused-ring (bicyclic) bond motifs is 1. The van der Waals surface area contributed by atoms with E-state index in [9.17, 15) is 9.59 Å². The van der Waals surface area contributed by atoms with Gasteiger partial charge in [0.2, 0.25) is 0 Å².